The molecule has 2 N–H and O–H groups in total. The Morgan fingerprint density at radius 3 is 2.84 bits per heavy atom. The molecule has 1 atom stereocenters. The van der Waals surface area contributed by atoms with Crippen molar-refractivity contribution in [1.82, 2.24) is 15.0 Å². The number of aryl methyl sites for hydroxylation is 1. The number of rotatable bonds is 4. The van der Waals surface area contributed by atoms with E-state index in [0.29, 0.717) is 17.6 Å². The number of benzene rings is 1. The van der Waals surface area contributed by atoms with Crippen molar-refractivity contribution >= 4 is 22.9 Å². The summed E-state index contributed by atoms with van der Waals surface area (Å²) in [7, 11) is 0. The third-order valence-electron chi connectivity index (χ3n) is 2.73. The van der Waals surface area contributed by atoms with Gasteiger partial charge in [0.2, 0.25) is 0 Å². The van der Waals surface area contributed by atoms with Gasteiger partial charge >= 0.3 is 5.97 Å². The fourth-order valence-electron chi connectivity index (χ4n) is 1.62. The SMILES string of the molecule is CCn1nnc2cc(C(=O)OC(C)C(N)=O)ccc21. The van der Waals surface area contributed by atoms with Gasteiger partial charge in [-0.2, -0.15) is 0 Å². The van der Waals surface area contributed by atoms with E-state index in [2.05, 4.69) is 10.3 Å². The first kappa shape index (κ1) is 13.0. The Morgan fingerprint density at radius 1 is 1.47 bits per heavy atom. The van der Waals surface area contributed by atoms with Crippen molar-refractivity contribution in [3.63, 3.8) is 0 Å². The number of amides is 1. The molecular weight excluding hydrogens is 248 g/mol. The van der Waals surface area contributed by atoms with Crippen molar-refractivity contribution in [2.45, 2.75) is 26.5 Å². The molecule has 0 fully saturated rings. The first-order valence-electron chi connectivity index (χ1n) is 5.86. The van der Waals surface area contributed by atoms with Gasteiger partial charge in [-0.15, -0.1) is 5.10 Å². The van der Waals surface area contributed by atoms with Crippen molar-refractivity contribution in [1.29, 1.82) is 0 Å². The molecule has 2 rings (SSSR count). The topological polar surface area (TPSA) is 100 Å². The van der Waals surface area contributed by atoms with Crippen LogP contribution in [0.4, 0.5) is 0 Å². The van der Waals surface area contributed by atoms with E-state index in [1.54, 1.807) is 22.9 Å². The van der Waals surface area contributed by atoms with E-state index in [1.165, 1.54) is 6.92 Å². The summed E-state index contributed by atoms with van der Waals surface area (Å²) in [6, 6.07) is 4.92. The number of primary amides is 1. The number of esters is 1. The minimum absolute atomic E-state index is 0.309. The van der Waals surface area contributed by atoms with Gasteiger partial charge in [0.25, 0.3) is 5.91 Å². The van der Waals surface area contributed by atoms with Gasteiger partial charge in [-0.05, 0) is 32.0 Å². The fraction of sp³-hybridized carbons (Fsp3) is 0.333. The molecule has 1 unspecified atom stereocenters. The van der Waals surface area contributed by atoms with Gasteiger partial charge in [0, 0.05) is 6.54 Å². The van der Waals surface area contributed by atoms with E-state index >= 15 is 0 Å². The van der Waals surface area contributed by atoms with E-state index in [0.717, 1.165) is 5.52 Å². The summed E-state index contributed by atoms with van der Waals surface area (Å²) in [5.74, 6) is -1.30. The molecule has 100 valence electrons. The maximum Gasteiger partial charge on any atom is 0.338 e. The lowest BCUT2D eigenvalue weighted by Gasteiger charge is -2.09. The van der Waals surface area contributed by atoms with Crippen molar-refractivity contribution in [2.75, 3.05) is 0 Å². The highest BCUT2D eigenvalue weighted by molar-refractivity contribution is 5.95. The molecule has 1 aromatic heterocycles. The smallest absolute Gasteiger partial charge is 0.338 e. The summed E-state index contributed by atoms with van der Waals surface area (Å²) in [5, 5.41) is 7.90. The standard InChI is InChI=1S/C12H14N4O3/c1-3-16-10-5-4-8(6-9(10)14-15-16)12(18)19-7(2)11(13)17/h4-7H,3H2,1-2H3,(H2,13,17). The molecule has 0 aliphatic rings. The molecule has 0 saturated heterocycles. The number of aromatic nitrogens is 3. The van der Waals surface area contributed by atoms with E-state index in [4.69, 9.17) is 10.5 Å². The van der Waals surface area contributed by atoms with Crippen LogP contribution in [0.25, 0.3) is 11.0 Å². The van der Waals surface area contributed by atoms with Crippen molar-refractivity contribution in [3.8, 4) is 0 Å². The minimum atomic E-state index is -0.963. The van der Waals surface area contributed by atoms with Crippen LogP contribution in [0.2, 0.25) is 0 Å². The predicted molar refractivity (Wildman–Crippen MR) is 67.3 cm³/mol. The Bertz CT molecular complexity index is 635. The molecule has 0 bridgehead atoms. The first-order chi connectivity index (χ1) is 9.02. The fourth-order valence-corrected chi connectivity index (χ4v) is 1.62. The van der Waals surface area contributed by atoms with Crippen LogP contribution in [0.1, 0.15) is 24.2 Å². The number of nitrogens with two attached hydrogens (primary N) is 1. The molecule has 0 aliphatic carbocycles. The number of hydrogen-bond donors (Lipinski definition) is 1. The second-order valence-electron chi connectivity index (χ2n) is 4.06. The lowest BCUT2D eigenvalue weighted by atomic mass is 10.2. The normalized spacial score (nSPS) is 12.3. The van der Waals surface area contributed by atoms with Gasteiger partial charge in [0.05, 0.1) is 11.1 Å². The summed E-state index contributed by atoms with van der Waals surface area (Å²) < 4.78 is 6.63. The number of carbonyl (C=O) groups is 2. The molecule has 1 aromatic carbocycles. The largest absolute Gasteiger partial charge is 0.449 e. The van der Waals surface area contributed by atoms with Crippen molar-refractivity contribution in [2.24, 2.45) is 5.73 Å². The first-order valence-corrected chi connectivity index (χ1v) is 5.86. The number of nitrogens with zero attached hydrogens (tertiary/aromatic N) is 3. The van der Waals surface area contributed by atoms with E-state index < -0.39 is 18.0 Å². The molecule has 0 saturated carbocycles. The molecule has 7 heteroatoms. The number of ether oxygens (including phenoxy) is 1. The number of carbonyl (C=O) groups excluding carboxylic acids is 2. The Morgan fingerprint density at radius 2 is 2.21 bits per heavy atom. The summed E-state index contributed by atoms with van der Waals surface area (Å²) in [6.45, 7) is 4.07. The predicted octanol–water partition coefficient (Wildman–Crippen LogP) is 0.482. The summed E-state index contributed by atoms with van der Waals surface area (Å²) in [5.41, 5.74) is 6.78. The molecule has 19 heavy (non-hydrogen) atoms. The van der Waals surface area contributed by atoms with Gasteiger partial charge in [-0.3, -0.25) is 4.79 Å². The highest BCUT2D eigenvalue weighted by Gasteiger charge is 2.17. The Kier molecular flexibility index (Phi) is 3.46. The van der Waals surface area contributed by atoms with Crippen LogP contribution in [0.5, 0.6) is 0 Å². The quantitative estimate of drug-likeness (QED) is 0.808. The van der Waals surface area contributed by atoms with Crippen molar-refractivity contribution < 1.29 is 14.3 Å². The number of fused-ring (bicyclic) bond motifs is 1. The molecule has 0 radical (unpaired) electrons. The van der Waals surface area contributed by atoms with Crippen LogP contribution in [0, 0.1) is 0 Å². The third kappa shape index (κ3) is 2.54. The van der Waals surface area contributed by atoms with Gasteiger partial charge in [-0.1, -0.05) is 5.21 Å². The van der Waals surface area contributed by atoms with Crippen LogP contribution < -0.4 is 5.73 Å². The average Bonchev–Trinajstić information content (AvgIpc) is 2.80. The van der Waals surface area contributed by atoms with E-state index in [9.17, 15) is 9.59 Å². The molecule has 0 spiro atoms. The Hall–Kier alpha value is -2.44. The van der Waals surface area contributed by atoms with Gasteiger partial charge < -0.3 is 10.5 Å². The average molecular weight is 262 g/mol. The van der Waals surface area contributed by atoms with Crippen LogP contribution >= 0.6 is 0 Å². The van der Waals surface area contributed by atoms with Crippen LogP contribution in [-0.2, 0) is 16.1 Å². The Labute approximate surface area is 109 Å². The molecule has 1 heterocycles. The second kappa shape index (κ2) is 5.05. The summed E-state index contributed by atoms with van der Waals surface area (Å²) in [4.78, 5) is 22.6. The van der Waals surface area contributed by atoms with Crippen LogP contribution in [-0.4, -0.2) is 33.0 Å². The zero-order valence-electron chi connectivity index (χ0n) is 10.7. The minimum Gasteiger partial charge on any atom is -0.449 e. The van der Waals surface area contributed by atoms with Crippen LogP contribution in [0.15, 0.2) is 18.2 Å². The maximum atomic E-state index is 11.8. The molecule has 2 aromatic rings. The zero-order chi connectivity index (χ0) is 14.0. The molecular formula is C12H14N4O3. The molecule has 1 amide bonds. The monoisotopic (exact) mass is 262 g/mol. The van der Waals surface area contributed by atoms with Crippen LogP contribution in [0.3, 0.4) is 0 Å². The number of hydrogen-bond acceptors (Lipinski definition) is 5. The van der Waals surface area contributed by atoms with Crippen molar-refractivity contribution in [3.05, 3.63) is 23.8 Å². The van der Waals surface area contributed by atoms with E-state index in [1.807, 2.05) is 6.92 Å². The highest BCUT2D eigenvalue weighted by atomic mass is 16.5. The molecule has 0 aliphatic heterocycles. The Balaban J connectivity index is 2.26. The van der Waals surface area contributed by atoms with E-state index in [-0.39, 0.29) is 0 Å². The zero-order valence-corrected chi connectivity index (χ0v) is 10.7. The molecule has 7 nitrogen and oxygen atoms in total. The lowest BCUT2D eigenvalue weighted by Crippen LogP contribution is -2.30. The third-order valence-corrected chi connectivity index (χ3v) is 2.73. The highest BCUT2D eigenvalue weighted by Crippen LogP contribution is 2.14. The maximum absolute atomic E-state index is 11.8. The van der Waals surface area contributed by atoms with Gasteiger partial charge in [0.15, 0.2) is 6.10 Å². The summed E-state index contributed by atoms with van der Waals surface area (Å²) in [6.07, 6.45) is -0.963. The van der Waals surface area contributed by atoms with Gasteiger partial charge in [-0.25, -0.2) is 9.48 Å². The lowest BCUT2D eigenvalue weighted by molar-refractivity contribution is -0.125. The second-order valence-corrected chi connectivity index (χ2v) is 4.06. The summed E-state index contributed by atoms with van der Waals surface area (Å²) >= 11 is 0. The van der Waals surface area contributed by atoms with Gasteiger partial charge in [0.1, 0.15) is 5.52 Å².